The van der Waals surface area contributed by atoms with Gasteiger partial charge in [0, 0.05) is 23.0 Å². The Morgan fingerprint density at radius 1 is 1.43 bits per heavy atom. The molecule has 76 valence electrons. The van der Waals surface area contributed by atoms with Crippen molar-refractivity contribution in [3.05, 3.63) is 16.3 Å². The van der Waals surface area contributed by atoms with E-state index >= 15 is 0 Å². The summed E-state index contributed by atoms with van der Waals surface area (Å²) >= 11 is 1.64. The van der Waals surface area contributed by atoms with Gasteiger partial charge in [0.25, 0.3) is 0 Å². The van der Waals surface area contributed by atoms with Crippen LogP contribution in [-0.4, -0.2) is 26.0 Å². The number of sulfone groups is 1. The highest BCUT2D eigenvalue weighted by Crippen LogP contribution is 2.42. The summed E-state index contributed by atoms with van der Waals surface area (Å²) in [6, 6.07) is 0.358. The fourth-order valence-corrected chi connectivity index (χ4v) is 4.97. The zero-order valence-electron chi connectivity index (χ0n) is 7.56. The average Bonchev–Trinajstić information content (AvgIpc) is 2.64. The van der Waals surface area contributed by atoms with Crippen LogP contribution in [-0.2, 0) is 9.84 Å². The smallest absolute Gasteiger partial charge is 0.151 e. The number of thiophene rings is 1. The van der Waals surface area contributed by atoms with Gasteiger partial charge in [-0.2, -0.15) is 0 Å². The molecule has 1 aromatic heterocycles. The summed E-state index contributed by atoms with van der Waals surface area (Å²) in [5, 5.41) is 7.55. The molecule has 2 atom stereocenters. The van der Waals surface area contributed by atoms with E-state index in [0.717, 1.165) is 12.1 Å². The summed E-state index contributed by atoms with van der Waals surface area (Å²) in [6.45, 7) is 0. The van der Waals surface area contributed by atoms with E-state index in [1.54, 1.807) is 11.3 Å². The van der Waals surface area contributed by atoms with Gasteiger partial charge in [-0.05, 0) is 17.4 Å². The third-order valence-corrected chi connectivity index (χ3v) is 5.58. The third-order valence-electron chi connectivity index (χ3n) is 3.09. The summed E-state index contributed by atoms with van der Waals surface area (Å²) in [5.41, 5.74) is 2.37. The van der Waals surface area contributed by atoms with Gasteiger partial charge in [-0.25, -0.2) is 8.42 Å². The Balaban J connectivity index is 2.01. The maximum absolute atomic E-state index is 11.5. The van der Waals surface area contributed by atoms with Gasteiger partial charge in [0.15, 0.2) is 9.84 Å². The van der Waals surface area contributed by atoms with Crippen LogP contribution < -0.4 is 5.32 Å². The van der Waals surface area contributed by atoms with E-state index < -0.39 is 9.84 Å². The average molecular weight is 229 g/mol. The van der Waals surface area contributed by atoms with Crippen molar-refractivity contribution in [2.75, 3.05) is 16.8 Å². The fourth-order valence-electron chi connectivity index (χ4n) is 2.37. The minimum absolute atomic E-state index is 0.204. The molecule has 2 aliphatic rings. The highest BCUT2D eigenvalue weighted by Gasteiger charge is 2.39. The second kappa shape index (κ2) is 2.73. The van der Waals surface area contributed by atoms with Crippen molar-refractivity contribution in [1.82, 2.24) is 0 Å². The lowest BCUT2D eigenvalue weighted by atomic mass is 9.97. The zero-order valence-corrected chi connectivity index (χ0v) is 9.20. The molecule has 3 nitrogen and oxygen atoms in total. The molecule has 0 saturated carbocycles. The van der Waals surface area contributed by atoms with Crippen LogP contribution in [0, 0.1) is 0 Å². The predicted molar refractivity (Wildman–Crippen MR) is 57.7 cm³/mol. The molecule has 0 radical (unpaired) electrons. The minimum atomic E-state index is -2.79. The summed E-state index contributed by atoms with van der Waals surface area (Å²) in [6.07, 6.45) is 0.756. The fraction of sp³-hybridized carbons (Fsp3) is 0.556. The van der Waals surface area contributed by atoms with E-state index in [0.29, 0.717) is 17.5 Å². The maximum atomic E-state index is 11.5. The van der Waals surface area contributed by atoms with E-state index in [4.69, 9.17) is 0 Å². The predicted octanol–water partition coefficient (Wildman–Crippen LogP) is 1.44. The van der Waals surface area contributed by atoms with Crippen LogP contribution in [0.3, 0.4) is 0 Å². The summed E-state index contributed by atoms with van der Waals surface area (Å²) in [4.78, 5) is 0. The van der Waals surface area contributed by atoms with Crippen LogP contribution >= 0.6 is 11.3 Å². The van der Waals surface area contributed by atoms with Gasteiger partial charge in [-0.3, -0.25) is 0 Å². The van der Waals surface area contributed by atoms with Crippen LogP contribution in [0.25, 0.3) is 0 Å². The lowest BCUT2D eigenvalue weighted by molar-refractivity contribution is 0.539. The SMILES string of the molecule is O=S1(=O)CCC2Nc3cscc3C2C1. The van der Waals surface area contributed by atoms with Crippen LogP contribution in [0.5, 0.6) is 0 Å². The first kappa shape index (κ1) is 8.73. The molecular formula is C9H11NO2S2. The zero-order chi connectivity index (χ0) is 9.76. The summed E-state index contributed by atoms with van der Waals surface area (Å²) in [7, 11) is -2.79. The number of rotatable bonds is 0. The lowest BCUT2D eigenvalue weighted by Gasteiger charge is -2.25. The molecule has 0 amide bonds. The van der Waals surface area contributed by atoms with Crippen LogP contribution in [0.15, 0.2) is 10.8 Å². The molecule has 14 heavy (non-hydrogen) atoms. The quantitative estimate of drug-likeness (QED) is 0.732. The number of hydrogen-bond donors (Lipinski definition) is 1. The van der Waals surface area contributed by atoms with Crippen LogP contribution in [0.2, 0.25) is 0 Å². The van der Waals surface area contributed by atoms with Gasteiger partial charge in [0.05, 0.1) is 11.5 Å². The number of hydrogen-bond acceptors (Lipinski definition) is 4. The molecule has 0 bridgehead atoms. The second-order valence-corrected chi connectivity index (χ2v) is 6.97. The van der Waals surface area contributed by atoms with Crippen molar-refractivity contribution >= 4 is 26.9 Å². The first-order valence-corrected chi connectivity index (χ1v) is 7.45. The first-order chi connectivity index (χ1) is 6.66. The molecule has 1 N–H and O–H groups in total. The topological polar surface area (TPSA) is 46.2 Å². The summed E-state index contributed by atoms with van der Waals surface area (Å²) in [5.74, 6) is 0.874. The Labute approximate surface area is 87.1 Å². The van der Waals surface area contributed by atoms with Crippen LogP contribution in [0.1, 0.15) is 17.9 Å². The molecule has 2 unspecified atom stereocenters. The Morgan fingerprint density at radius 3 is 3.14 bits per heavy atom. The van der Waals surface area contributed by atoms with Crippen molar-refractivity contribution in [2.24, 2.45) is 0 Å². The molecule has 0 aromatic carbocycles. The lowest BCUT2D eigenvalue weighted by Crippen LogP contribution is -2.35. The molecule has 3 rings (SSSR count). The van der Waals surface area contributed by atoms with Gasteiger partial charge in [-0.15, -0.1) is 11.3 Å². The maximum Gasteiger partial charge on any atom is 0.151 e. The minimum Gasteiger partial charge on any atom is -0.381 e. The Kier molecular flexibility index (Phi) is 1.70. The van der Waals surface area contributed by atoms with Crippen molar-refractivity contribution in [3.8, 4) is 0 Å². The van der Waals surface area contributed by atoms with E-state index in [-0.39, 0.29) is 5.92 Å². The first-order valence-electron chi connectivity index (χ1n) is 4.69. The monoisotopic (exact) mass is 229 g/mol. The number of anilines is 1. The van der Waals surface area contributed by atoms with Gasteiger partial charge >= 0.3 is 0 Å². The Hall–Kier alpha value is -0.550. The molecule has 0 aliphatic carbocycles. The van der Waals surface area contributed by atoms with Gasteiger partial charge in [-0.1, -0.05) is 0 Å². The van der Waals surface area contributed by atoms with E-state index in [1.807, 2.05) is 0 Å². The largest absolute Gasteiger partial charge is 0.381 e. The van der Waals surface area contributed by atoms with E-state index in [9.17, 15) is 8.42 Å². The van der Waals surface area contributed by atoms with Crippen LogP contribution in [0.4, 0.5) is 5.69 Å². The van der Waals surface area contributed by atoms with E-state index in [2.05, 4.69) is 16.1 Å². The normalized spacial score (nSPS) is 33.1. The van der Waals surface area contributed by atoms with Gasteiger partial charge in [0.2, 0.25) is 0 Å². The Morgan fingerprint density at radius 2 is 2.29 bits per heavy atom. The molecule has 3 heterocycles. The molecule has 2 aliphatic heterocycles. The standard InChI is InChI=1S/C9H11NO2S2/c11-14(12)2-1-8-7(5-14)6-3-13-4-9(6)10-8/h3-4,7-8,10H,1-2,5H2. The van der Waals surface area contributed by atoms with Crippen molar-refractivity contribution in [1.29, 1.82) is 0 Å². The van der Waals surface area contributed by atoms with Gasteiger partial charge < -0.3 is 5.32 Å². The van der Waals surface area contributed by atoms with Crippen molar-refractivity contribution in [3.63, 3.8) is 0 Å². The second-order valence-electron chi connectivity index (χ2n) is 4.00. The third kappa shape index (κ3) is 1.19. The molecule has 1 aromatic rings. The highest BCUT2D eigenvalue weighted by molar-refractivity contribution is 7.91. The van der Waals surface area contributed by atoms with Crippen molar-refractivity contribution < 1.29 is 8.42 Å². The van der Waals surface area contributed by atoms with Gasteiger partial charge in [0.1, 0.15) is 0 Å². The molecule has 5 heteroatoms. The molecule has 1 fully saturated rings. The van der Waals surface area contributed by atoms with Crippen molar-refractivity contribution in [2.45, 2.75) is 18.4 Å². The Bertz CT molecular complexity index is 463. The molecule has 0 spiro atoms. The molecule has 1 saturated heterocycles. The number of nitrogens with one attached hydrogen (secondary N) is 1. The number of fused-ring (bicyclic) bond motifs is 3. The summed E-state index contributed by atoms with van der Waals surface area (Å²) < 4.78 is 23.0. The highest BCUT2D eigenvalue weighted by atomic mass is 32.2. The molecular weight excluding hydrogens is 218 g/mol. The van der Waals surface area contributed by atoms with E-state index in [1.165, 1.54) is 5.56 Å².